The maximum Gasteiger partial charge on any atom is 0.222 e. The first-order chi connectivity index (χ1) is 9.33. The molecule has 1 aromatic heterocycles. The Bertz CT molecular complexity index is 494. The van der Waals surface area contributed by atoms with Gasteiger partial charge in [0.2, 0.25) is 5.91 Å². The second kappa shape index (κ2) is 5.95. The van der Waals surface area contributed by atoms with E-state index in [0.717, 1.165) is 18.7 Å². The molecule has 0 unspecified atom stereocenters. The van der Waals surface area contributed by atoms with E-state index in [1.54, 1.807) is 6.07 Å². The Labute approximate surface area is 124 Å². The van der Waals surface area contributed by atoms with Gasteiger partial charge in [0.1, 0.15) is 16.8 Å². The highest BCUT2D eigenvalue weighted by molar-refractivity contribution is 6.29. The van der Waals surface area contributed by atoms with Crippen molar-refractivity contribution in [3.05, 3.63) is 17.0 Å². The van der Waals surface area contributed by atoms with Crippen molar-refractivity contribution in [3.8, 4) is 0 Å². The van der Waals surface area contributed by atoms with Crippen molar-refractivity contribution in [1.82, 2.24) is 15.3 Å². The van der Waals surface area contributed by atoms with Crippen LogP contribution < -0.4 is 10.6 Å². The number of hydrogen-bond acceptors (Lipinski definition) is 4. The van der Waals surface area contributed by atoms with Crippen LogP contribution in [0.1, 0.15) is 51.8 Å². The Morgan fingerprint density at radius 3 is 2.70 bits per heavy atom. The van der Waals surface area contributed by atoms with E-state index in [0.29, 0.717) is 29.9 Å². The van der Waals surface area contributed by atoms with Gasteiger partial charge in [-0.1, -0.05) is 11.6 Å². The molecular formula is C14H21ClN4O. The van der Waals surface area contributed by atoms with E-state index in [1.165, 1.54) is 0 Å². The summed E-state index contributed by atoms with van der Waals surface area (Å²) in [5, 5.41) is 6.50. The second-order valence-electron chi connectivity index (χ2n) is 6.18. The van der Waals surface area contributed by atoms with Gasteiger partial charge < -0.3 is 10.6 Å². The monoisotopic (exact) mass is 296 g/mol. The van der Waals surface area contributed by atoms with Crippen molar-refractivity contribution < 1.29 is 4.79 Å². The highest BCUT2D eigenvalue weighted by Crippen LogP contribution is 2.38. The van der Waals surface area contributed by atoms with Gasteiger partial charge in [-0.3, -0.25) is 4.79 Å². The Kier molecular flexibility index (Phi) is 4.48. The Balaban J connectivity index is 1.83. The van der Waals surface area contributed by atoms with Crippen molar-refractivity contribution in [2.24, 2.45) is 0 Å². The van der Waals surface area contributed by atoms with Crippen LogP contribution in [0.3, 0.4) is 0 Å². The van der Waals surface area contributed by atoms with Crippen LogP contribution in [0.5, 0.6) is 0 Å². The lowest BCUT2D eigenvalue weighted by Crippen LogP contribution is -2.41. The topological polar surface area (TPSA) is 66.9 Å². The summed E-state index contributed by atoms with van der Waals surface area (Å²) in [7, 11) is 0. The molecule has 5 nitrogen and oxygen atoms in total. The van der Waals surface area contributed by atoms with Crippen LogP contribution in [0, 0.1) is 0 Å². The Hall–Kier alpha value is -1.36. The van der Waals surface area contributed by atoms with Gasteiger partial charge >= 0.3 is 0 Å². The number of halogens is 1. The van der Waals surface area contributed by atoms with Crippen LogP contribution >= 0.6 is 11.6 Å². The molecule has 0 saturated heterocycles. The average molecular weight is 297 g/mol. The van der Waals surface area contributed by atoms with E-state index in [9.17, 15) is 4.79 Å². The SMILES string of the molecule is CC(C)(C)NC(=O)CCNc1cc(Cl)nc(C2CC2)n1. The maximum absolute atomic E-state index is 11.7. The fraction of sp³-hybridized carbons (Fsp3) is 0.643. The van der Waals surface area contributed by atoms with Gasteiger partial charge in [-0.2, -0.15) is 0 Å². The van der Waals surface area contributed by atoms with Crippen molar-refractivity contribution >= 4 is 23.3 Å². The molecule has 1 aromatic rings. The van der Waals surface area contributed by atoms with Gasteiger partial charge in [0.05, 0.1) is 0 Å². The van der Waals surface area contributed by atoms with Gasteiger partial charge in [0.25, 0.3) is 0 Å². The quantitative estimate of drug-likeness (QED) is 0.820. The van der Waals surface area contributed by atoms with Crippen LogP contribution in [0.2, 0.25) is 5.15 Å². The summed E-state index contributed by atoms with van der Waals surface area (Å²) in [4.78, 5) is 20.3. The molecule has 0 atom stereocenters. The summed E-state index contributed by atoms with van der Waals surface area (Å²) in [6, 6.07) is 1.69. The molecule has 0 aliphatic heterocycles. The molecular weight excluding hydrogens is 276 g/mol. The highest BCUT2D eigenvalue weighted by Gasteiger charge is 2.27. The smallest absolute Gasteiger partial charge is 0.222 e. The number of amides is 1. The molecule has 1 heterocycles. The molecule has 1 aliphatic carbocycles. The minimum absolute atomic E-state index is 0.0209. The summed E-state index contributed by atoms with van der Waals surface area (Å²) in [6.45, 7) is 6.42. The normalized spacial score (nSPS) is 15.0. The lowest BCUT2D eigenvalue weighted by molar-refractivity contribution is -0.122. The molecule has 110 valence electrons. The number of nitrogens with zero attached hydrogens (tertiary/aromatic N) is 2. The molecule has 2 N–H and O–H groups in total. The van der Waals surface area contributed by atoms with E-state index in [4.69, 9.17) is 11.6 Å². The summed E-state index contributed by atoms with van der Waals surface area (Å²) in [5.41, 5.74) is -0.200. The van der Waals surface area contributed by atoms with Gasteiger partial charge in [-0.15, -0.1) is 0 Å². The predicted molar refractivity (Wildman–Crippen MR) is 80.0 cm³/mol. The third kappa shape index (κ3) is 4.96. The first kappa shape index (κ1) is 15.0. The molecule has 0 bridgehead atoms. The van der Waals surface area contributed by atoms with E-state index in [2.05, 4.69) is 20.6 Å². The fourth-order valence-corrected chi connectivity index (χ4v) is 2.02. The van der Waals surface area contributed by atoms with Crippen LogP contribution in [0.25, 0.3) is 0 Å². The number of anilines is 1. The molecule has 0 radical (unpaired) electrons. The number of carbonyl (C=O) groups is 1. The summed E-state index contributed by atoms with van der Waals surface area (Å²) >= 11 is 5.98. The molecule has 2 rings (SSSR count). The lowest BCUT2D eigenvalue weighted by Gasteiger charge is -2.20. The van der Waals surface area contributed by atoms with Gasteiger partial charge in [-0.25, -0.2) is 9.97 Å². The molecule has 20 heavy (non-hydrogen) atoms. The second-order valence-corrected chi connectivity index (χ2v) is 6.57. The molecule has 1 saturated carbocycles. The van der Waals surface area contributed by atoms with Crippen LogP contribution in [-0.2, 0) is 4.79 Å². The standard InChI is InChI=1S/C14H21ClN4O/c1-14(2,3)19-12(20)6-7-16-11-8-10(15)17-13(18-11)9-4-5-9/h8-9H,4-7H2,1-3H3,(H,19,20)(H,16,17,18). The number of rotatable bonds is 5. The number of nitrogens with one attached hydrogen (secondary N) is 2. The van der Waals surface area contributed by atoms with Gasteiger partial charge in [-0.05, 0) is 33.6 Å². The highest BCUT2D eigenvalue weighted by atomic mass is 35.5. The molecule has 1 fully saturated rings. The minimum Gasteiger partial charge on any atom is -0.369 e. The van der Waals surface area contributed by atoms with Gasteiger partial charge in [0, 0.05) is 30.5 Å². The zero-order valence-electron chi connectivity index (χ0n) is 12.2. The van der Waals surface area contributed by atoms with E-state index in [1.807, 2.05) is 20.8 Å². The molecule has 6 heteroatoms. The molecule has 0 aromatic carbocycles. The summed E-state index contributed by atoms with van der Waals surface area (Å²) in [6.07, 6.45) is 2.67. The summed E-state index contributed by atoms with van der Waals surface area (Å²) < 4.78 is 0. The van der Waals surface area contributed by atoms with Crippen molar-refractivity contribution in [2.45, 2.75) is 51.5 Å². The zero-order valence-corrected chi connectivity index (χ0v) is 12.9. The first-order valence-electron chi connectivity index (χ1n) is 6.93. The third-order valence-electron chi connectivity index (χ3n) is 2.83. The van der Waals surface area contributed by atoms with Gasteiger partial charge in [0.15, 0.2) is 0 Å². The Morgan fingerprint density at radius 2 is 2.10 bits per heavy atom. The van der Waals surface area contributed by atoms with Crippen LogP contribution in [0.15, 0.2) is 6.07 Å². The van der Waals surface area contributed by atoms with Crippen LogP contribution in [-0.4, -0.2) is 28.0 Å². The van der Waals surface area contributed by atoms with E-state index < -0.39 is 0 Å². The number of carbonyl (C=O) groups excluding carboxylic acids is 1. The predicted octanol–water partition coefficient (Wildman–Crippen LogP) is 2.72. The Morgan fingerprint density at radius 1 is 1.40 bits per heavy atom. The van der Waals surface area contributed by atoms with Crippen LogP contribution in [0.4, 0.5) is 5.82 Å². The van der Waals surface area contributed by atoms with Crippen molar-refractivity contribution in [2.75, 3.05) is 11.9 Å². The average Bonchev–Trinajstić information content (AvgIpc) is 3.09. The number of aromatic nitrogens is 2. The summed E-state index contributed by atoms with van der Waals surface area (Å²) in [5.74, 6) is 1.97. The van der Waals surface area contributed by atoms with E-state index >= 15 is 0 Å². The zero-order chi connectivity index (χ0) is 14.8. The lowest BCUT2D eigenvalue weighted by atomic mass is 10.1. The van der Waals surface area contributed by atoms with E-state index in [-0.39, 0.29) is 11.4 Å². The maximum atomic E-state index is 11.7. The van der Waals surface area contributed by atoms with Crippen molar-refractivity contribution in [1.29, 1.82) is 0 Å². The molecule has 1 amide bonds. The number of hydrogen-bond donors (Lipinski definition) is 2. The molecule has 1 aliphatic rings. The largest absolute Gasteiger partial charge is 0.369 e. The van der Waals surface area contributed by atoms with Crippen molar-refractivity contribution in [3.63, 3.8) is 0 Å². The minimum atomic E-state index is -0.200. The third-order valence-corrected chi connectivity index (χ3v) is 3.02. The molecule has 0 spiro atoms. The fourth-order valence-electron chi connectivity index (χ4n) is 1.83. The first-order valence-corrected chi connectivity index (χ1v) is 7.31.